The lowest BCUT2D eigenvalue weighted by atomic mass is 9.78. The van der Waals surface area contributed by atoms with Gasteiger partial charge in [-0.05, 0) is 12.8 Å². The van der Waals surface area contributed by atoms with Crippen LogP contribution in [0, 0.1) is 12.3 Å². The molecule has 0 aromatic heterocycles. The van der Waals surface area contributed by atoms with Crippen molar-refractivity contribution in [1.82, 2.24) is 10.2 Å². The molecule has 1 aliphatic rings. The third-order valence-corrected chi connectivity index (χ3v) is 2.69. The Labute approximate surface area is 100 Å². The van der Waals surface area contributed by atoms with Crippen molar-refractivity contribution >= 4 is 18.9 Å². The topological polar surface area (TPSA) is 89.9 Å². The molecule has 1 saturated heterocycles. The monoisotopic (exact) mass is 238 g/mol. The Bertz CT molecular complexity index is 353. The molecule has 0 bridgehead atoms. The fraction of sp³-hybridized carbons (Fsp3) is 0.600. The molecule has 1 unspecified atom stereocenters. The van der Waals surface area contributed by atoms with Crippen LogP contribution in [0.2, 0.25) is 0 Å². The van der Waals surface area contributed by atoms with Crippen LogP contribution >= 0.6 is 0 Å². The Kier molecular flexibility index (Phi) is 4.55. The van der Waals surface area contributed by atoms with Gasteiger partial charge in [0, 0.05) is 13.5 Å². The van der Waals surface area contributed by atoms with E-state index in [2.05, 4.69) is 11.2 Å². The van der Waals surface area contributed by atoms with Crippen LogP contribution in [-0.4, -0.2) is 52.4 Å². The second kappa shape index (κ2) is 5.71. The lowest BCUT2D eigenvalue weighted by molar-refractivity contribution is -0.134. The van der Waals surface area contributed by atoms with Gasteiger partial charge in [0.2, 0.25) is 5.91 Å². The van der Waals surface area contributed by atoms with Gasteiger partial charge >= 0.3 is 7.12 Å². The molecule has 0 radical (unpaired) electrons. The molecule has 92 valence electrons. The molecule has 1 aliphatic heterocycles. The van der Waals surface area contributed by atoms with Crippen molar-refractivity contribution in [3.8, 4) is 12.3 Å². The summed E-state index contributed by atoms with van der Waals surface area (Å²) < 4.78 is 0. The highest BCUT2D eigenvalue weighted by Gasteiger charge is 2.39. The largest absolute Gasteiger partial charge is 0.475 e. The van der Waals surface area contributed by atoms with Gasteiger partial charge < -0.3 is 20.3 Å². The normalized spacial score (nSPS) is 20.6. The first-order valence-corrected chi connectivity index (χ1v) is 5.37. The van der Waals surface area contributed by atoms with E-state index in [-0.39, 0.29) is 0 Å². The van der Waals surface area contributed by atoms with Gasteiger partial charge in [0.05, 0.1) is 5.94 Å². The van der Waals surface area contributed by atoms with Gasteiger partial charge in [-0.15, -0.1) is 6.42 Å². The lowest BCUT2D eigenvalue weighted by Crippen LogP contribution is -2.52. The molecule has 3 N–H and O–H groups in total. The maximum absolute atomic E-state index is 12.0. The zero-order valence-electron chi connectivity index (χ0n) is 9.59. The van der Waals surface area contributed by atoms with Gasteiger partial charge in [0.1, 0.15) is 0 Å². The number of terminal acetylenes is 1. The van der Waals surface area contributed by atoms with Gasteiger partial charge in [-0.2, -0.15) is 0 Å². The number of hydrogen-bond acceptors (Lipinski definition) is 4. The molecule has 1 rings (SSSR count). The van der Waals surface area contributed by atoms with Crippen LogP contribution in [0.1, 0.15) is 19.8 Å². The highest BCUT2D eigenvalue weighted by atomic mass is 16.4. The summed E-state index contributed by atoms with van der Waals surface area (Å²) in [5.41, 5.74) is 0. The van der Waals surface area contributed by atoms with E-state index in [1.807, 2.05) is 0 Å². The molecule has 2 atom stereocenters. The van der Waals surface area contributed by atoms with E-state index < -0.39 is 30.9 Å². The van der Waals surface area contributed by atoms with Gasteiger partial charge in [-0.25, -0.2) is 0 Å². The number of amides is 2. The highest BCUT2D eigenvalue weighted by molar-refractivity contribution is 6.43. The fourth-order valence-electron chi connectivity index (χ4n) is 1.92. The van der Waals surface area contributed by atoms with Crippen molar-refractivity contribution in [3.05, 3.63) is 0 Å². The summed E-state index contributed by atoms with van der Waals surface area (Å²) in [6, 6.07) is -1.05. The minimum atomic E-state index is -1.59. The Morgan fingerprint density at radius 2 is 2.24 bits per heavy atom. The number of likely N-dealkylation sites (tertiary alicyclic amines) is 1. The van der Waals surface area contributed by atoms with Crippen molar-refractivity contribution in [2.75, 3.05) is 6.54 Å². The van der Waals surface area contributed by atoms with Crippen molar-refractivity contribution < 1.29 is 19.6 Å². The SMILES string of the molecule is C#C[C@@H](NC(C)=O)C(=O)N1CCCC1B(O)O. The number of rotatable bonds is 3. The fourth-order valence-corrected chi connectivity index (χ4v) is 1.92. The van der Waals surface area contributed by atoms with Crippen LogP contribution in [-0.2, 0) is 9.59 Å². The lowest BCUT2D eigenvalue weighted by Gasteiger charge is -2.26. The van der Waals surface area contributed by atoms with Crippen molar-refractivity contribution in [3.63, 3.8) is 0 Å². The second-order valence-corrected chi connectivity index (χ2v) is 3.96. The van der Waals surface area contributed by atoms with Crippen molar-refractivity contribution in [1.29, 1.82) is 0 Å². The molecular formula is C10H15BN2O4. The van der Waals surface area contributed by atoms with E-state index in [1.165, 1.54) is 11.8 Å². The minimum absolute atomic E-state index is 0.401. The summed E-state index contributed by atoms with van der Waals surface area (Å²) in [5.74, 6) is 0.662. The van der Waals surface area contributed by atoms with Crippen LogP contribution in [0.4, 0.5) is 0 Å². The van der Waals surface area contributed by atoms with Gasteiger partial charge in [-0.1, -0.05) is 5.92 Å². The average molecular weight is 238 g/mol. The zero-order chi connectivity index (χ0) is 13.0. The molecule has 1 heterocycles. The number of carbonyl (C=O) groups is 2. The molecule has 7 heteroatoms. The second-order valence-electron chi connectivity index (χ2n) is 3.96. The maximum Gasteiger partial charge on any atom is 0.475 e. The minimum Gasteiger partial charge on any atom is -0.426 e. The third-order valence-electron chi connectivity index (χ3n) is 2.69. The van der Waals surface area contributed by atoms with Gasteiger partial charge in [0.15, 0.2) is 6.04 Å². The Morgan fingerprint density at radius 1 is 1.59 bits per heavy atom. The molecule has 6 nitrogen and oxygen atoms in total. The standard InChI is InChI=1S/C10H15BN2O4/c1-3-8(12-7(2)14)10(15)13-6-4-5-9(13)11(16)17/h1,8-9,16-17H,4-6H2,2H3,(H,12,14)/t8-,9?/m1/s1. The Morgan fingerprint density at radius 3 is 2.71 bits per heavy atom. The molecule has 0 aliphatic carbocycles. The molecule has 0 aromatic carbocycles. The predicted molar refractivity (Wildman–Crippen MR) is 61.4 cm³/mol. The van der Waals surface area contributed by atoms with Gasteiger partial charge in [-0.3, -0.25) is 9.59 Å². The Balaban J connectivity index is 2.74. The smallest absolute Gasteiger partial charge is 0.426 e. The first-order chi connectivity index (χ1) is 7.97. The van der Waals surface area contributed by atoms with E-state index >= 15 is 0 Å². The van der Waals surface area contributed by atoms with Crippen LogP contribution in [0.5, 0.6) is 0 Å². The van der Waals surface area contributed by atoms with Crippen LogP contribution in [0.3, 0.4) is 0 Å². The summed E-state index contributed by atoms with van der Waals surface area (Å²) >= 11 is 0. The summed E-state index contributed by atoms with van der Waals surface area (Å²) in [6.45, 7) is 1.68. The quantitative estimate of drug-likeness (QED) is 0.397. The molecule has 0 saturated carbocycles. The van der Waals surface area contributed by atoms with E-state index in [0.717, 1.165) is 0 Å². The highest BCUT2D eigenvalue weighted by Crippen LogP contribution is 2.18. The van der Waals surface area contributed by atoms with Crippen molar-refractivity contribution in [2.45, 2.75) is 31.7 Å². The molecule has 2 amide bonds. The first kappa shape index (κ1) is 13.5. The Hall–Kier alpha value is -1.52. The molecule has 0 spiro atoms. The number of nitrogens with one attached hydrogen (secondary N) is 1. The van der Waals surface area contributed by atoms with Crippen LogP contribution < -0.4 is 5.32 Å². The molecule has 1 fully saturated rings. The molecule has 0 aromatic rings. The van der Waals surface area contributed by atoms with E-state index in [4.69, 9.17) is 16.5 Å². The van der Waals surface area contributed by atoms with E-state index in [1.54, 1.807) is 0 Å². The number of hydrogen-bond donors (Lipinski definition) is 3. The summed E-state index contributed by atoms with van der Waals surface area (Å²) in [7, 11) is -1.59. The van der Waals surface area contributed by atoms with Crippen LogP contribution in [0.15, 0.2) is 0 Å². The maximum atomic E-state index is 12.0. The van der Waals surface area contributed by atoms with Crippen molar-refractivity contribution in [2.24, 2.45) is 0 Å². The van der Waals surface area contributed by atoms with Crippen LogP contribution in [0.25, 0.3) is 0 Å². The van der Waals surface area contributed by atoms with E-state index in [0.29, 0.717) is 19.4 Å². The third kappa shape index (κ3) is 3.22. The van der Waals surface area contributed by atoms with Gasteiger partial charge in [0.25, 0.3) is 5.91 Å². The zero-order valence-corrected chi connectivity index (χ0v) is 9.59. The number of carbonyl (C=O) groups excluding carboxylic acids is 2. The molecule has 17 heavy (non-hydrogen) atoms. The average Bonchev–Trinajstić information content (AvgIpc) is 2.73. The molecular weight excluding hydrogens is 223 g/mol. The number of nitrogens with zero attached hydrogens (tertiary/aromatic N) is 1. The summed E-state index contributed by atoms with van der Waals surface area (Å²) in [5, 5.41) is 20.6. The summed E-state index contributed by atoms with van der Waals surface area (Å²) in [4.78, 5) is 24.2. The summed E-state index contributed by atoms with van der Waals surface area (Å²) in [6.07, 6.45) is 6.37. The predicted octanol–water partition coefficient (Wildman–Crippen LogP) is -1.87. The van der Waals surface area contributed by atoms with E-state index in [9.17, 15) is 9.59 Å². The first-order valence-electron chi connectivity index (χ1n) is 5.37.